The predicted octanol–water partition coefficient (Wildman–Crippen LogP) is 2.15. The molecular formula is C23H28FN3O6S. The number of anilines is 1. The normalized spacial score (nSPS) is 14.5. The number of carbonyl (C=O) groups is 2. The lowest BCUT2D eigenvalue weighted by Gasteiger charge is -2.32. The van der Waals surface area contributed by atoms with E-state index in [1.165, 1.54) is 49.5 Å². The number of likely N-dealkylation sites (tertiary alicyclic amines) is 1. The fourth-order valence-electron chi connectivity index (χ4n) is 3.95. The summed E-state index contributed by atoms with van der Waals surface area (Å²) in [5, 5.41) is 0. The number of primary amides is 1. The van der Waals surface area contributed by atoms with Gasteiger partial charge in [-0.2, -0.15) is 0 Å². The lowest BCUT2D eigenvalue weighted by molar-refractivity contribution is -0.123. The number of carbonyl (C=O) groups excluding carboxylic acids is 2. The lowest BCUT2D eigenvalue weighted by atomic mass is 9.95. The number of piperidine rings is 1. The van der Waals surface area contributed by atoms with Crippen molar-refractivity contribution in [3.05, 3.63) is 53.3 Å². The van der Waals surface area contributed by atoms with Gasteiger partial charge in [-0.05, 0) is 25.0 Å². The molecule has 0 unspecified atom stereocenters. The van der Waals surface area contributed by atoms with E-state index in [0.717, 1.165) is 10.6 Å². The van der Waals surface area contributed by atoms with Gasteiger partial charge >= 0.3 is 0 Å². The van der Waals surface area contributed by atoms with Crippen LogP contribution in [0.3, 0.4) is 0 Å². The highest BCUT2D eigenvalue weighted by molar-refractivity contribution is 7.92. The van der Waals surface area contributed by atoms with Crippen LogP contribution in [0, 0.1) is 11.7 Å². The summed E-state index contributed by atoms with van der Waals surface area (Å²) in [5.74, 6) is -1.29. The van der Waals surface area contributed by atoms with Gasteiger partial charge in [0.15, 0.2) is 11.5 Å². The van der Waals surface area contributed by atoms with Gasteiger partial charge in [0.05, 0.1) is 38.3 Å². The van der Waals surface area contributed by atoms with Crippen LogP contribution in [0.5, 0.6) is 11.5 Å². The summed E-state index contributed by atoms with van der Waals surface area (Å²) in [4.78, 5) is 26.6. The first-order chi connectivity index (χ1) is 16.1. The molecule has 11 heteroatoms. The molecule has 2 aromatic carbocycles. The zero-order valence-corrected chi connectivity index (χ0v) is 20.1. The minimum Gasteiger partial charge on any atom is -0.493 e. The molecule has 2 N–H and O–H groups in total. The Morgan fingerprint density at radius 1 is 1.12 bits per heavy atom. The Labute approximate surface area is 198 Å². The topological polar surface area (TPSA) is 119 Å². The summed E-state index contributed by atoms with van der Waals surface area (Å²) in [6, 6.07) is 8.62. The molecule has 2 amide bonds. The van der Waals surface area contributed by atoms with E-state index in [9.17, 15) is 22.4 Å². The zero-order chi connectivity index (χ0) is 25.0. The van der Waals surface area contributed by atoms with Crippen LogP contribution in [0.4, 0.5) is 10.1 Å². The van der Waals surface area contributed by atoms with E-state index in [4.69, 9.17) is 15.2 Å². The Morgan fingerprint density at radius 3 is 2.24 bits per heavy atom. The highest BCUT2D eigenvalue weighted by atomic mass is 32.2. The third kappa shape index (κ3) is 5.41. The van der Waals surface area contributed by atoms with Crippen molar-refractivity contribution in [3.8, 4) is 11.5 Å². The van der Waals surface area contributed by atoms with Crippen molar-refractivity contribution in [2.24, 2.45) is 11.7 Å². The van der Waals surface area contributed by atoms with E-state index in [1.54, 1.807) is 6.07 Å². The molecule has 0 saturated carbocycles. The molecule has 1 saturated heterocycles. The number of halogens is 1. The minimum absolute atomic E-state index is 0.0328. The van der Waals surface area contributed by atoms with E-state index in [-0.39, 0.29) is 53.9 Å². The molecule has 0 aliphatic carbocycles. The summed E-state index contributed by atoms with van der Waals surface area (Å²) in [6.45, 7) is 0.240. The van der Waals surface area contributed by atoms with Crippen molar-refractivity contribution in [3.63, 3.8) is 0 Å². The Bertz CT molecular complexity index is 1180. The fourth-order valence-corrected chi connectivity index (χ4v) is 4.83. The second-order valence-electron chi connectivity index (χ2n) is 8.05. The van der Waals surface area contributed by atoms with Gasteiger partial charge in [0.1, 0.15) is 5.82 Å². The summed E-state index contributed by atoms with van der Waals surface area (Å²) in [7, 11) is -1.16. The molecule has 0 spiro atoms. The first kappa shape index (κ1) is 25.3. The highest BCUT2D eigenvalue weighted by Crippen LogP contribution is 2.38. The highest BCUT2D eigenvalue weighted by Gasteiger charge is 2.32. The summed E-state index contributed by atoms with van der Waals surface area (Å²) in [5.41, 5.74) is 5.62. The van der Waals surface area contributed by atoms with Crippen molar-refractivity contribution < 1.29 is 31.9 Å². The molecule has 0 bridgehead atoms. The van der Waals surface area contributed by atoms with Crippen LogP contribution >= 0.6 is 0 Å². The average molecular weight is 494 g/mol. The standard InChI is InChI=1S/C23H28FN3O6S/c1-32-20-12-17(23(29)26-10-8-15(9-11-26)22(25)28)19(13-21(20)33-2)27(34(3,30)31)14-16-6-4-5-7-18(16)24/h4-7,12-13,15H,8-11,14H2,1-3H3,(H2,25,28). The minimum atomic E-state index is -3.95. The molecule has 1 aliphatic heterocycles. The smallest absolute Gasteiger partial charge is 0.256 e. The number of ether oxygens (including phenoxy) is 2. The lowest BCUT2D eigenvalue weighted by Crippen LogP contribution is -2.42. The number of hydrogen-bond donors (Lipinski definition) is 1. The maximum absolute atomic E-state index is 14.4. The van der Waals surface area contributed by atoms with Crippen LogP contribution in [-0.2, 0) is 21.4 Å². The van der Waals surface area contributed by atoms with Crippen molar-refractivity contribution in [2.45, 2.75) is 19.4 Å². The third-order valence-electron chi connectivity index (χ3n) is 5.86. The van der Waals surface area contributed by atoms with Crippen LogP contribution in [0.1, 0.15) is 28.8 Å². The molecule has 0 radical (unpaired) electrons. The first-order valence-corrected chi connectivity index (χ1v) is 12.5. The summed E-state index contributed by atoms with van der Waals surface area (Å²) >= 11 is 0. The van der Waals surface area contributed by atoms with Gasteiger partial charge in [0.2, 0.25) is 15.9 Å². The molecule has 9 nitrogen and oxygen atoms in total. The molecule has 1 aliphatic rings. The molecule has 0 atom stereocenters. The molecule has 1 heterocycles. The second kappa shape index (κ2) is 10.3. The molecule has 184 valence electrons. The maximum Gasteiger partial charge on any atom is 0.256 e. The van der Waals surface area contributed by atoms with E-state index >= 15 is 0 Å². The Morgan fingerprint density at radius 2 is 1.71 bits per heavy atom. The van der Waals surface area contributed by atoms with E-state index in [2.05, 4.69) is 0 Å². The first-order valence-electron chi connectivity index (χ1n) is 10.6. The van der Waals surface area contributed by atoms with Crippen LogP contribution in [-0.4, -0.2) is 58.7 Å². The van der Waals surface area contributed by atoms with E-state index in [1.807, 2.05) is 0 Å². The fraction of sp³-hybridized carbons (Fsp3) is 0.391. The molecule has 3 rings (SSSR count). The summed E-state index contributed by atoms with van der Waals surface area (Å²) in [6.07, 6.45) is 1.81. The molecule has 1 fully saturated rings. The van der Waals surface area contributed by atoms with E-state index in [0.29, 0.717) is 12.8 Å². The second-order valence-corrected chi connectivity index (χ2v) is 9.96. The maximum atomic E-state index is 14.4. The van der Waals surface area contributed by atoms with Crippen LogP contribution < -0.4 is 19.5 Å². The molecule has 34 heavy (non-hydrogen) atoms. The molecule has 0 aromatic heterocycles. The van der Waals surface area contributed by atoms with Crippen LogP contribution in [0.2, 0.25) is 0 Å². The van der Waals surface area contributed by atoms with Gasteiger partial charge in [-0.25, -0.2) is 12.8 Å². The largest absolute Gasteiger partial charge is 0.493 e. The molecular weight excluding hydrogens is 465 g/mol. The van der Waals surface area contributed by atoms with Gasteiger partial charge in [-0.3, -0.25) is 13.9 Å². The zero-order valence-electron chi connectivity index (χ0n) is 19.3. The number of nitrogens with two attached hydrogens (primary N) is 1. The third-order valence-corrected chi connectivity index (χ3v) is 6.98. The average Bonchev–Trinajstić information content (AvgIpc) is 2.81. The quantitative estimate of drug-likeness (QED) is 0.602. The van der Waals surface area contributed by atoms with Crippen molar-refractivity contribution in [1.29, 1.82) is 0 Å². The SMILES string of the molecule is COc1cc(C(=O)N2CCC(C(N)=O)CC2)c(N(Cc2ccccc2F)S(C)(=O)=O)cc1OC. The number of benzene rings is 2. The number of sulfonamides is 1. The Kier molecular flexibility index (Phi) is 7.65. The number of methoxy groups -OCH3 is 2. The van der Waals surface area contributed by atoms with Gasteiger partial charge in [0, 0.05) is 30.6 Å². The van der Waals surface area contributed by atoms with Crippen LogP contribution in [0.25, 0.3) is 0 Å². The monoisotopic (exact) mass is 493 g/mol. The van der Waals surface area contributed by atoms with Crippen LogP contribution in [0.15, 0.2) is 36.4 Å². The van der Waals surface area contributed by atoms with Crippen molar-refractivity contribution in [1.82, 2.24) is 4.90 Å². The Balaban J connectivity index is 2.09. The van der Waals surface area contributed by atoms with Gasteiger partial charge in [0.25, 0.3) is 5.91 Å². The van der Waals surface area contributed by atoms with Crippen molar-refractivity contribution in [2.75, 3.05) is 37.9 Å². The van der Waals surface area contributed by atoms with E-state index < -0.39 is 27.7 Å². The number of nitrogens with zero attached hydrogens (tertiary/aromatic N) is 2. The summed E-state index contributed by atoms with van der Waals surface area (Å²) < 4.78 is 51.7. The molecule has 2 aromatic rings. The van der Waals surface area contributed by atoms with Crippen molar-refractivity contribution >= 4 is 27.5 Å². The van der Waals surface area contributed by atoms with Gasteiger partial charge in [-0.1, -0.05) is 18.2 Å². The number of hydrogen-bond acceptors (Lipinski definition) is 6. The van der Waals surface area contributed by atoms with Gasteiger partial charge in [-0.15, -0.1) is 0 Å². The Hall–Kier alpha value is -3.34. The van der Waals surface area contributed by atoms with Gasteiger partial charge < -0.3 is 20.1 Å². The number of rotatable bonds is 8. The predicted molar refractivity (Wildman–Crippen MR) is 125 cm³/mol. The number of amides is 2.